The summed E-state index contributed by atoms with van der Waals surface area (Å²) in [5.74, 6) is -0.669. The molecule has 0 aliphatic heterocycles. The fraction of sp³-hybridized carbons (Fsp3) is 0.333. The van der Waals surface area contributed by atoms with E-state index >= 15 is 0 Å². The first-order valence-corrected chi connectivity index (χ1v) is 13.3. The highest BCUT2D eigenvalue weighted by Crippen LogP contribution is 2.22. The molecule has 0 radical (unpaired) electrons. The fourth-order valence-corrected chi connectivity index (χ4v) is 5.10. The second-order valence-corrected chi connectivity index (χ2v) is 10.5. The normalized spacial score (nSPS) is 12.5. The number of hydrogen-bond donors (Lipinski definition) is 1. The predicted octanol–water partition coefficient (Wildman–Crippen LogP) is 3.79. The molecule has 3 rings (SSSR count). The first kappa shape index (κ1) is 26.4. The number of amides is 2. The summed E-state index contributed by atoms with van der Waals surface area (Å²) < 4.78 is 27.6. The van der Waals surface area contributed by atoms with Gasteiger partial charge in [0.15, 0.2) is 0 Å². The molecule has 7 nitrogen and oxygen atoms in total. The molecule has 8 heteroatoms. The number of nitrogens with one attached hydrogen (secondary N) is 1. The Hall–Kier alpha value is -3.23. The van der Waals surface area contributed by atoms with Crippen LogP contribution < -0.4 is 5.32 Å². The van der Waals surface area contributed by atoms with E-state index in [0.717, 1.165) is 27.1 Å². The topological polar surface area (TPSA) is 86.8 Å². The first-order valence-electron chi connectivity index (χ1n) is 11.8. The van der Waals surface area contributed by atoms with Gasteiger partial charge in [0.2, 0.25) is 21.8 Å². The minimum absolute atomic E-state index is 0.119. The molecule has 0 aliphatic carbocycles. The second-order valence-electron chi connectivity index (χ2n) is 8.49. The van der Waals surface area contributed by atoms with Crippen LogP contribution in [0.15, 0.2) is 77.7 Å². The van der Waals surface area contributed by atoms with Crippen LogP contribution in [0.2, 0.25) is 0 Å². The number of fused-ring (bicyclic) bond motifs is 1. The summed E-state index contributed by atoms with van der Waals surface area (Å²) in [5, 5.41) is 4.60. The lowest BCUT2D eigenvalue weighted by Crippen LogP contribution is -2.51. The Bertz CT molecular complexity index is 1260. The molecular formula is C27H33N3O4S. The van der Waals surface area contributed by atoms with Crippen LogP contribution in [0.25, 0.3) is 10.8 Å². The molecule has 186 valence electrons. The maximum Gasteiger partial charge on any atom is 0.243 e. The lowest BCUT2D eigenvalue weighted by atomic mass is 10.1. The number of carbonyl (C=O) groups is 2. The molecule has 0 aliphatic rings. The van der Waals surface area contributed by atoms with Crippen molar-refractivity contribution in [1.29, 1.82) is 0 Å². The molecule has 2 amide bonds. The van der Waals surface area contributed by atoms with E-state index in [-0.39, 0.29) is 23.9 Å². The summed E-state index contributed by atoms with van der Waals surface area (Å²) in [4.78, 5) is 27.9. The summed E-state index contributed by atoms with van der Waals surface area (Å²) in [6, 6.07) is 21.1. The van der Waals surface area contributed by atoms with E-state index in [2.05, 4.69) is 5.32 Å². The molecule has 0 saturated heterocycles. The van der Waals surface area contributed by atoms with Crippen LogP contribution in [0.5, 0.6) is 0 Å². The van der Waals surface area contributed by atoms with Crippen molar-refractivity contribution in [3.8, 4) is 0 Å². The van der Waals surface area contributed by atoms with Crippen LogP contribution in [-0.2, 0) is 26.2 Å². The van der Waals surface area contributed by atoms with Crippen molar-refractivity contribution in [3.63, 3.8) is 0 Å². The number of sulfonamides is 1. The molecule has 3 aromatic carbocycles. The molecule has 0 heterocycles. The van der Waals surface area contributed by atoms with Crippen LogP contribution in [0.3, 0.4) is 0 Å². The van der Waals surface area contributed by atoms with Crippen molar-refractivity contribution in [2.75, 3.05) is 20.1 Å². The molecule has 1 unspecified atom stereocenters. The van der Waals surface area contributed by atoms with Gasteiger partial charge < -0.3 is 10.2 Å². The molecule has 0 bridgehead atoms. The zero-order chi connectivity index (χ0) is 25.4. The van der Waals surface area contributed by atoms with Gasteiger partial charge in [0.25, 0.3) is 0 Å². The van der Waals surface area contributed by atoms with Crippen LogP contribution in [0, 0.1) is 0 Å². The zero-order valence-corrected chi connectivity index (χ0v) is 21.3. The van der Waals surface area contributed by atoms with Crippen molar-refractivity contribution >= 4 is 32.6 Å². The fourth-order valence-electron chi connectivity index (χ4n) is 3.94. The van der Waals surface area contributed by atoms with Crippen molar-refractivity contribution in [2.24, 2.45) is 0 Å². The van der Waals surface area contributed by atoms with E-state index in [9.17, 15) is 18.0 Å². The highest BCUT2D eigenvalue weighted by molar-refractivity contribution is 7.89. The van der Waals surface area contributed by atoms with E-state index < -0.39 is 22.0 Å². The number of hydrogen-bond acceptors (Lipinski definition) is 4. The predicted molar refractivity (Wildman–Crippen MR) is 138 cm³/mol. The largest absolute Gasteiger partial charge is 0.354 e. The zero-order valence-electron chi connectivity index (χ0n) is 20.5. The average Bonchev–Trinajstić information content (AvgIpc) is 2.87. The number of carbonyl (C=O) groups excluding carboxylic acids is 2. The lowest BCUT2D eigenvalue weighted by Gasteiger charge is -2.32. The third-order valence-corrected chi connectivity index (χ3v) is 7.72. The minimum atomic E-state index is -3.91. The maximum absolute atomic E-state index is 13.5. The molecule has 1 atom stereocenters. The van der Waals surface area contributed by atoms with Crippen LogP contribution in [-0.4, -0.2) is 55.6 Å². The Morgan fingerprint density at radius 3 is 2.23 bits per heavy atom. The summed E-state index contributed by atoms with van der Waals surface area (Å²) >= 11 is 0. The minimum Gasteiger partial charge on any atom is -0.354 e. The van der Waals surface area contributed by atoms with Gasteiger partial charge in [0.1, 0.15) is 6.04 Å². The van der Waals surface area contributed by atoms with E-state index in [1.807, 2.05) is 68.4 Å². The Balaban J connectivity index is 1.85. The highest BCUT2D eigenvalue weighted by atomic mass is 32.2. The number of benzene rings is 3. The highest BCUT2D eigenvalue weighted by Gasteiger charge is 2.31. The van der Waals surface area contributed by atoms with Crippen molar-refractivity contribution in [1.82, 2.24) is 14.5 Å². The van der Waals surface area contributed by atoms with Gasteiger partial charge in [-0.05, 0) is 41.3 Å². The van der Waals surface area contributed by atoms with E-state index in [0.29, 0.717) is 13.0 Å². The van der Waals surface area contributed by atoms with Gasteiger partial charge in [0, 0.05) is 20.1 Å². The van der Waals surface area contributed by atoms with Gasteiger partial charge >= 0.3 is 0 Å². The number of nitrogens with zero attached hydrogens (tertiary/aromatic N) is 2. The third-order valence-electron chi connectivity index (χ3n) is 5.92. The van der Waals surface area contributed by atoms with Gasteiger partial charge in [0.05, 0.1) is 11.4 Å². The second kappa shape index (κ2) is 12.0. The standard InChI is InChI=1S/C27H33N3O4S/c1-4-17-28-27(32)25(5-2)30(19-21-11-7-6-8-12-21)26(31)20-29(3)35(33,34)24-16-15-22-13-9-10-14-23(22)18-24/h6-16,18,25H,4-5,17,19-20H2,1-3H3,(H,28,32). The van der Waals surface area contributed by atoms with Gasteiger partial charge in [-0.15, -0.1) is 0 Å². The molecular weight excluding hydrogens is 462 g/mol. The Morgan fingerprint density at radius 1 is 0.914 bits per heavy atom. The quantitative estimate of drug-likeness (QED) is 0.438. The average molecular weight is 496 g/mol. The molecule has 3 aromatic rings. The number of likely N-dealkylation sites (N-methyl/N-ethyl adjacent to an activating group) is 1. The van der Waals surface area contributed by atoms with Gasteiger partial charge in [-0.3, -0.25) is 9.59 Å². The first-order chi connectivity index (χ1) is 16.8. The molecule has 0 fully saturated rings. The van der Waals surface area contributed by atoms with Crippen LogP contribution in [0.4, 0.5) is 0 Å². The van der Waals surface area contributed by atoms with Crippen molar-refractivity contribution in [3.05, 3.63) is 78.4 Å². The monoisotopic (exact) mass is 495 g/mol. The molecule has 0 saturated carbocycles. The number of rotatable bonds is 11. The molecule has 1 N–H and O–H groups in total. The molecule has 0 aromatic heterocycles. The summed E-state index contributed by atoms with van der Waals surface area (Å²) in [6.45, 7) is 4.15. The lowest BCUT2D eigenvalue weighted by molar-refractivity contribution is -0.141. The summed E-state index contributed by atoms with van der Waals surface area (Å²) in [7, 11) is -2.52. The van der Waals surface area contributed by atoms with Crippen molar-refractivity contribution < 1.29 is 18.0 Å². The van der Waals surface area contributed by atoms with Gasteiger partial charge in [-0.25, -0.2) is 8.42 Å². The van der Waals surface area contributed by atoms with Crippen molar-refractivity contribution in [2.45, 2.75) is 44.2 Å². The van der Waals surface area contributed by atoms with E-state index in [4.69, 9.17) is 0 Å². The van der Waals surface area contributed by atoms with Gasteiger partial charge in [-0.1, -0.05) is 74.5 Å². The molecule has 35 heavy (non-hydrogen) atoms. The maximum atomic E-state index is 13.5. The molecule has 0 spiro atoms. The Morgan fingerprint density at radius 2 is 1.57 bits per heavy atom. The smallest absolute Gasteiger partial charge is 0.243 e. The van der Waals surface area contributed by atoms with E-state index in [1.54, 1.807) is 18.2 Å². The van der Waals surface area contributed by atoms with Gasteiger partial charge in [-0.2, -0.15) is 4.31 Å². The Labute approximate surface area is 207 Å². The van der Waals surface area contributed by atoms with Crippen LogP contribution in [0.1, 0.15) is 32.3 Å². The van der Waals surface area contributed by atoms with E-state index in [1.165, 1.54) is 11.9 Å². The van der Waals surface area contributed by atoms with Crippen LogP contribution >= 0.6 is 0 Å². The summed E-state index contributed by atoms with van der Waals surface area (Å²) in [6.07, 6.45) is 1.19. The third kappa shape index (κ3) is 6.46. The SMILES string of the molecule is CCCNC(=O)C(CC)N(Cc1ccccc1)C(=O)CN(C)S(=O)(=O)c1ccc2ccccc2c1. The Kier molecular flexibility index (Phi) is 9.01. The summed E-state index contributed by atoms with van der Waals surface area (Å²) in [5.41, 5.74) is 0.864.